The first-order chi connectivity index (χ1) is 16.3. The fraction of sp³-hybridized carbons (Fsp3) is 0.360. The van der Waals surface area contributed by atoms with E-state index in [1.54, 1.807) is 18.2 Å². The van der Waals surface area contributed by atoms with Gasteiger partial charge in [0, 0.05) is 10.9 Å². The van der Waals surface area contributed by atoms with E-state index in [4.69, 9.17) is 9.15 Å². The number of fused-ring (bicyclic) bond motifs is 2. The Morgan fingerprint density at radius 2 is 1.97 bits per heavy atom. The predicted molar refractivity (Wildman–Crippen MR) is 131 cm³/mol. The number of amidine groups is 1. The molecule has 2 heterocycles. The standard InChI is InChI=1S/C25H29N3O5S/c1-4-6-12-19(27-24-18-11-7-8-14-22(18)34(30,31)28-24)25(29)26-16(3)21-15-17-10-9-13-20(32-5-2)23(17)33-21/h7-11,13-16,19H,4-6,12H2,1-3H3,(H,26,29)(H,27,28). The number of furan rings is 1. The van der Waals surface area contributed by atoms with E-state index in [1.807, 2.05) is 45.0 Å². The fourth-order valence-electron chi connectivity index (χ4n) is 3.96. The second kappa shape index (κ2) is 9.89. The topological polar surface area (TPSA) is 110 Å². The molecule has 0 fully saturated rings. The van der Waals surface area contributed by atoms with Crippen LogP contribution in [0.1, 0.15) is 57.4 Å². The lowest BCUT2D eigenvalue weighted by atomic mass is 10.1. The number of amides is 1. The minimum absolute atomic E-state index is 0.171. The number of ether oxygens (including phenoxy) is 1. The molecule has 34 heavy (non-hydrogen) atoms. The Labute approximate surface area is 199 Å². The van der Waals surface area contributed by atoms with Gasteiger partial charge in [0.05, 0.1) is 17.5 Å². The normalized spacial score (nSPS) is 17.2. The molecule has 4 rings (SSSR count). The third-order valence-corrected chi connectivity index (χ3v) is 7.09. The maximum Gasteiger partial charge on any atom is 0.263 e. The Bertz CT molecular complexity index is 1330. The summed E-state index contributed by atoms with van der Waals surface area (Å²) in [5, 5.41) is 3.87. The van der Waals surface area contributed by atoms with E-state index in [0.29, 0.717) is 35.7 Å². The fourth-order valence-corrected chi connectivity index (χ4v) is 5.20. The van der Waals surface area contributed by atoms with Crippen molar-refractivity contribution in [1.82, 2.24) is 10.0 Å². The lowest BCUT2D eigenvalue weighted by Crippen LogP contribution is -2.37. The third kappa shape index (κ3) is 4.79. The molecule has 1 aromatic heterocycles. The Hall–Kier alpha value is -3.33. The number of carbonyl (C=O) groups excluding carboxylic acids is 1. The first-order valence-electron chi connectivity index (χ1n) is 11.5. The number of sulfonamides is 1. The zero-order valence-corrected chi connectivity index (χ0v) is 20.3. The molecule has 180 valence electrons. The molecule has 0 saturated heterocycles. The predicted octanol–water partition coefficient (Wildman–Crippen LogP) is 4.31. The van der Waals surface area contributed by atoms with Gasteiger partial charge in [-0.05, 0) is 44.5 Å². The van der Waals surface area contributed by atoms with Crippen LogP contribution in [0.2, 0.25) is 0 Å². The first-order valence-corrected chi connectivity index (χ1v) is 13.0. The van der Waals surface area contributed by atoms with Crippen molar-refractivity contribution in [2.75, 3.05) is 6.61 Å². The van der Waals surface area contributed by atoms with Crippen LogP contribution in [0.4, 0.5) is 0 Å². The smallest absolute Gasteiger partial charge is 0.263 e. The molecule has 0 saturated carbocycles. The number of benzene rings is 2. The molecular weight excluding hydrogens is 454 g/mol. The van der Waals surface area contributed by atoms with E-state index in [2.05, 4.69) is 15.0 Å². The molecule has 2 aromatic carbocycles. The van der Waals surface area contributed by atoms with Crippen LogP contribution in [0.5, 0.6) is 5.75 Å². The molecule has 2 N–H and O–H groups in total. The summed E-state index contributed by atoms with van der Waals surface area (Å²) in [6.07, 6.45) is 2.16. The number of carbonyl (C=O) groups is 1. The second-order valence-corrected chi connectivity index (χ2v) is 9.87. The van der Waals surface area contributed by atoms with Crippen LogP contribution >= 0.6 is 0 Å². The van der Waals surface area contributed by atoms with E-state index < -0.39 is 22.1 Å². The molecule has 2 unspecified atom stereocenters. The van der Waals surface area contributed by atoms with Gasteiger partial charge in [0.25, 0.3) is 10.0 Å². The van der Waals surface area contributed by atoms with Gasteiger partial charge in [-0.2, -0.15) is 0 Å². The van der Waals surface area contributed by atoms with Crippen molar-refractivity contribution >= 4 is 32.7 Å². The highest BCUT2D eigenvalue weighted by Crippen LogP contribution is 2.31. The number of aliphatic imine (C=N–C) groups is 1. The number of rotatable bonds is 9. The molecule has 0 aliphatic carbocycles. The Morgan fingerprint density at radius 1 is 1.18 bits per heavy atom. The average Bonchev–Trinajstić information content (AvgIpc) is 3.36. The maximum atomic E-state index is 13.2. The van der Waals surface area contributed by atoms with Crippen LogP contribution in [0.25, 0.3) is 11.0 Å². The van der Waals surface area contributed by atoms with E-state index >= 15 is 0 Å². The van der Waals surface area contributed by atoms with Gasteiger partial charge in [-0.15, -0.1) is 0 Å². The highest BCUT2D eigenvalue weighted by Gasteiger charge is 2.32. The van der Waals surface area contributed by atoms with Gasteiger partial charge in [-0.1, -0.05) is 44.0 Å². The van der Waals surface area contributed by atoms with E-state index in [9.17, 15) is 13.2 Å². The number of hydrogen-bond donors (Lipinski definition) is 2. The molecule has 1 amide bonds. The lowest BCUT2D eigenvalue weighted by Gasteiger charge is -2.17. The Kier molecular flexibility index (Phi) is 6.92. The van der Waals surface area contributed by atoms with Gasteiger partial charge in [-0.25, -0.2) is 8.42 Å². The third-order valence-electron chi connectivity index (χ3n) is 5.69. The second-order valence-electron chi connectivity index (χ2n) is 8.22. The van der Waals surface area contributed by atoms with Crippen molar-refractivity contribution in [3.8, 4) is 5.75 Å². The van der Waals surface area contributed by atoms with Crippen molar-refractivity contribution in [1.29, 1.82) is 0 Å². The minimum Gasteiger partial charge on any atom is -0.490 e. The maximum absolute atomic E-state index is 13.2. The zero-order valence-electron chi connectivity index (χ0n) is 19.5. The quantitative estimate of drug-likeness (QED) is 0.471. The largest absolute Gasteiger partial charge is 0.490 e. The molecule has 3 aromatic rings. The number of unbranched alkanes of at least 4 members (excludes halogenated alkanes) is 1. The highest BCUT2D eigenvalue weighted by atomic mass is 32.2. The zero-order chi connectivity index (χ0) is 24.3. The van der Waals surface area contributed by atoms with Gasteiger partial charge in [0.15, 0.2) is 11.3 Å². The van der Waals surface area contributed by atoms with Crippen molar-refractivity contribution in [2.24, 2.45) is 4.99 Å². The first kappa shape index (κ1) is 23.8. The molecule has 1 aliphatic heterocycles. The summed E-state index contributed by atoms with van der Waals surface area (Å²) in [4.78, 5) is 17.9. The van der Waals surface area contributed by atoms with Crippen LogP contribution in [-0.4, -0.2) is 32.8 Å². The Morgan fingerprint density at radius 3 is 2.74 bits per heavy atom. The lowest BCUT2D eigenvalue weighted by molar-refractivity contribution is -0.123. The van der Waals surface area contributed by atoms with E-state index in [-0.39, 0.29) is 16.6 Å². The van der Waals surface area contributed by atoms with Gasteiger partial charge < -0.3 is 14.5 Å². The molecule has 1 aliphatic rings. The summed E-state index contributed by atoms with van der Waals surface area (Å²) < 4.78 is 39.0. The summed E-state index contributed by atoms with van der Waals surface area (Å²) in [5.74, 6) is 1.17. The number of nitrogens with zero attached hydrogens (tertiary/aromatic N) is 1. The molecule has 0 radical (unpaired) electrons. The molecule has 0 bridgehead atoms. The van der Waals surface area contributed by atoms with Crippen LogP contribution in [0, 0.1) is 0 Å². The van der Waals surface area contributed by atoms with Gasteiger partial charge in [-0.3, -0.25) is 14.5 Å². The summed E-state index contributed by atoms with van der Waals surface area (Å²) in [6.45, 7) is 6.30. The summed E-state index contributed by atoms with van der Waals surface area (Å²) in [5.41, 5.74) is 1.12. The molecule has 8 nitrogen and oxygen atoms in total. The van der Waals surface area contributed by atoms with Crippen molar-refractivity contribution in [2.45, 2.75) is 57.0 Å². The van der Waals surface area contributed by atoms with Crippen molar-refractivity contribution in [3.05, 3.63) is 59.9 Å². The van der Waals surface area contributed by atoms with Crippen LogP contribution < -0.4 is 14.8 Å². The monoisotopic (exact) mass is 483 g/mol. The van der Waals surface area contributed by atoms with Crippen LogP contribution in [0.15, 0.2) is 62.8 Å². The van der Waals surface area contributed by atoms with Gasteiger partial charge >= 0.3 is 0 Å². The average molecular weight is 484 g/mol. The highest BCUT2D eigenvalue weighted by molar-refractivity contribution is 7.90. The van der Waals surface area contributed by atoms with Gasteiger partial charge in [0.1, 0.15) is 17.6 Å². The number of nitrogens with one attached hydrogen (secondary N) is 2. The number of para-hydroxylation sites is 1. The minimum atomic E-state index is -3.68. The molecule has 9 heteroatoms. The summed E-state index contributed by atoms with van der Waals surface area (Å²) in [7, 11) is -3.68. The van der Waals surface area contributed by atoms with Crippen molar-refractivity contribution < 1.29 is 22.4 Å². The van der Waals surface area contributed by atoms with E-state index in [0.717, 1.165) is 18.2 Å². The van der Waals surface area contributed by atoms with Crippen LogP contribution in [0.3, 0.4) is 0 Å². The Balaban J connectivity index is 1.57. The molecule has 2 atom stereocenters. The van der Waals surface area contributed by atoms with Gasteiger partial charge in [0.2, 0.25) is 5.91 Å². The van der Waals surface area contributed by atoms with Crippen LogP contribution in [-0.2, 0) is 14.8 Å². The SMILES string of the molecule is CCCCC(N=C1NS(=O)(=O)c2ccccc21)C(=O)NC(C)c1cc2cccc(OCC)c2o1. The molecule has 0 spiro atoms. The van der Waals surface area contributed by atoms with Crippen molar-refractivity contribution in [3.63, 3.8) is 0 Å². The summed E-state index contributed by atoms with van der Waals surface area (Å²) >= 11 is 0. The summed E-state index contributed by atoms with van der Waals surface area (Å²) in [6, 6.07) is 13.0. The number of hydrogen-bond acceptors (Lipinski definition) is 6. The van der Waals surface area contributed by atoms with E-state index in [1.165, 1.54) is 6.07 Å². The molecular formula is C25H29N3O5S.